The third-order valence-electron chi connectivity index (χ3n) is 5.84. The average molecular weight is 440 g/mol. The van der Waals surface area contributed by atoms with Crippen LogP contribution in [0.4, 0.5) is 4.39 Å². The number of hydrogen-bond acceptors (Lipinski definition) is 6. The number of aliphatic hydroxyl groups excluding tert-OH is 1. The summed E-state index contributed by atoms with van der Waals surface area (Å²) < 4.78 is 24.6. The van der Waals surface area contributed by atoms with Gasteiger partial charge in [0.2, 0.25) is 0 Å². The fourth-order valence-corrected chi connectivity index (χ4v) is 4.14. The van der Waals surface area contributed by atoms with Crippen molar-refractivity contribution in [3.63, 3.8) is 0 Å². The standard InChI is InChI=1S/C24H25FN2O5/c1-31-19-8-7-17(15-18(19)25)22(28)20-21(16-5-3-2-4-6-16)27(24(30)23(20)29)10-9-26-11-13-32-14-12-26/h2-8,15,21,28H,9-14H2,1H3/t21-/m1/s1. The number of likely N-dealkylation sites (tertiary alicyclic amines) is 1. The molecule has 1 amide bonds. The Balaban J connectivity index is 1.72. The van der Waals surface area contributed by atoms with Crippen molar-refractivity contribution in [1.82, 2.24) is 9.80 Å². The molecule has 0 aromatic heterocycles. The molecule has 1 N–H and O–H groups in total. The summed E-state index contributed by atoms with van der Waals surface area (Å²) in [6.45, 7) is 3.67. The molecule has 32 heavy (non-hydrogen) atoms. The van der Waals surface area contributed by atoms with Gasteiger partial charge in [0.15, 0.2) is 11.6 Å². The van der Waals surface area contributed by atoms with Gasteiger partial charge in [0.1, 0.15) is 5.76 Å². The number of ketones is 1. The van der Waals surface area contributed by atoms with Gasteiger partial charge in [-0.05, 0) is 23.8 Å². The van der Waals surface area contributed by atoms with Crippen LogP contribution in [-0.2, 0) is 14.3 Å². The Bertz CT molecular complexity index is 1030. The number of carbonyl (C=O) groups is 2. The van der Waals surface area contributed by atoms with Crippen LogP contribution in [0.25, 0.3) is 5.76 Å². The van der Waals surface area contributed by atoms with E-state index in [0.29, 0.717) is 31.9 Å². The van der Waals surface area contributed by atoms with Gasteiger partial charge in [0, 0.05) is 31.7 Å². The normalized spacial score (nSPS) is 21.2. The molecule has 1 atom stereocenters. The van der Waals surface area contributed by atoms with Gasteiger partial charge >= 0.3 is 0 Å². The van der Waals surface area contributed by atoms with Crippen molar-refractivity contribution < 1.29 is 28.6 Å². The molecule has 2 aliphatic heterocycles. The van der Waals surface area contributed by atoms with Crippen LogP contribution in [0, 0.1) is 5.82 Å². The Hall–Kier alpha value is -3.23. The highest BCUT2D eigenvalue weighted by Crippen LogP contribution is 2.39. The molecule has 0 unspecified atom stereocenters. The Kier molecular flexibility index (Phi) is 6.53. The Morgan fingerprint density at radius 3 is 2.50 bits per heavy atom. The predicted molar refractivity (Wildman–Crippen MR) is 116 cm³/mol. The fourth-order valence-electron chi connectivity index (χ4n) is 4.14. The smallest absolute Gasteiger partial charge is 0.295 e. The van der Waals surface area contributed by atoms with Gasteiger partial charge in [-0.25, -0.2) is 4.39 Å². The van der Waals surface area contributed by atoms with Crippen molar-refractivity contribution in [2.45, 2.75) is 6.04 Å². The van der Waals surface area contributed by atoms with Crippen molar-refractivity contribution in [3.8, 4) is 5.75 Å². The maximum Gasteiger partial charge on any atom is 0.295 e. The lowest BCUT2D eigenvalue weighted by molar-refractivity contribution is -0.140. The summed E-state index contributed by atoms with van der Waals surface area (Å²) in [6.07, 6.45) is 0. The zero-order chi connectivity index (χ0) is 22.7. The first-order chi connectivity index (χ1) is 15.5. The van der Waals surface area contributed by atoms with Gasteiger partial charge < -0.3 is 19.5 Å². The molecule has 7 nitrogen and oxygen atoms in total. The second kappa shape index (κ2) is 9.50. The summed E-state index contributed by atoms with van der Waals surface area (Å²) in [4.78, 5) is 29.6. The molecule has 2 heterocycles. The van der Waals surface area contributed by atoms with Crippen LogP contribution in [0.15, 0.2) is 54.1 Å². The van der Waals surface area contributed by atoms with E-state index in [1.807, 2.05) is 18.2 Å². The number of halogens is 1. The summed E-state index contributed by atoms with van der Waals surface area (Å²) in [5, 5.41) is 11.0. The first-order valence-corrected chi connectivity index (χ1v) is 10.5. The molecule has 0 saturated carbocycles. The fraction of sp³-hybridized carbons (Fsp3) is 0.333. The molecule has 2 aromatic carbocycles. The number of hydrogen-bond donors (Lipinski definition) is 1. The molecular weight excluding hydrogens is 415 g/mol. The first-order valence-electron chi connectivity index (χ1n) is 10.5. The number of methoxy groups -OCH3 is 1. The molecule has 8 heteroatoms. The Morgan fingerprint density at radius 2 is 1.84 bits per heavy atom. The number of Topliss-reactive ketones (excluding diaryl/α,β-unsaturated/α-hetero) is 1. The number of carbonyl (C=O) groups excluding carboxylic acids is 2. The van der Waals surface area contributed by atoms with Gasteiger partial charge in [-0.3, -0.25) is 14.5 Å². The van der Waals surface area contributed by atoms with Crippen molar-refractivity contribution in [2.75, 3.05) is 46.5 Å². The van der Waals surface area contributed by atoms with Crippen molar-refractivity contribution >= 4 is 17.4 Å². The molecule has 168 valence electrons. The molecule has 2 fully saturated rings. The molecule has 2 saturated heterocycles. The van der Waals surface area contributed by atoms with Crippen LogP contribution >= 0.6 is 0 Å². The summed E-state index contributed by atoms with van der Waals surface area (Å²) in [5.74, 6) is -2.52. The molecular formula is C24H25FN2O5. The SMILES string of the molecule is COc1ccc(C(O)=C2C(=O)C(=O)N(CCN3CCOCC3)[C@@H]2c2ccccc2)cc1F. The quantitative estimate of drug-likeness (QED) is 0.423. The third-order valence-corrected chi connectivity index (χ3v) is 5.84. The van der Waals surface area contributed by atoms with Gasteiger partial charge in [0.25, 0.3) is 11.7 Å². The molecule has 0 bridgehead atoms. The lowest BCUT2D eigenvalue weighted by Crippen LogP contribution is -2.42. The topological polar surface area (TPSA) is 79.3 Å². The van der Waals surface area contributed by atoms with E-state index in [4.69, 9.17) is 9.47 Å². The molecule has 0 spiro atoms. The van der Waals surface area contributed by atoms with Crippen LogP contribution in [0.3, 0.4) is 0 Å². The van der Waals surface area contributed by atoms with Crippen molar-refractivity contribution in [2.24, 2.45) is 0 Å². The van der Waals surface area contributed by atoms with Crippen LogP contribution in [0.1, 0.15) is 17.2 Å². The van der Waals surface area contributed by atoms with E-state index < -0.39 is 29.3 Å². The summed E-state index contributed by atoms with van der Waals surface area (Å²) in [7, 11) is 1.34. The lowest BCUT2D eigenvalue weighted by Gasteiger charge is -2.31. The van der Waals surface area contributed by atoms with E-state index in [-0.39, 0.29) is 16.9 Å². The maximum absolute atomic E-state index is 14.3. The first kappa shape index (κ1) is 22.0. The monoisotopic (exact) mass is 440 g/mol. The van der Waals surface area contributed by atoms with Gasteiger partial charge in [-0.15, -0.1) is 0 Å². The van der Waals surface area contributed by atoms with Crippen LogP contribution in [0.5, 0.6) is 5.75 Å². The van der Waals surface area contributed by atoms with E-state index in [2.05, 4.69) is 4.90 Å². The number of benzene rings is 2. The molecule has 2 aromatic rings. The minimum absolute atomic E-state index is 0.0205. The van der Waals surface area contributed by atoms with E-state index in [9.17, 15) is 19.1 Å². The average Bonchev–Trinajstić information content (AvgIpc) is 3.08. The van der Waals surface area contributed by atoms with Crippen molar-refractivity contribution in [1.29, 1.82) is 0 Å². The Morgan fingerprint density at radius 1 is 1.12 bits per heavy atom. The highest BCUT2D eigenvalue weighted by Gasteiger charge is 2.46. The molecule has 0 aliphatic carbocycles. The summed E-state index contributed by atoms with van der Waals surface area (Å²) >= 11 is 0. The van der Waals surface area contributed by atoms with E-state index in [1.165, 1.54) is 24.1 Å². The van der Waals surface area contributed by atoms with Crippen LogP contribution in [-0.4, -0.2) is 73.1 Å². The van der Waals surface area contributed by atoms with Gasteiger partial charge in [-0.1, -0.05) is 30.3 Å². The lowest BCUT2D eigenvalue weighted by atomic mass is 9.95. The summed E-state index contributed by atoms with van der Waals surface area (Å²) in [5.41, 5.74) is 0.757. The van der Waals surface area contributed by atoms with E-state index in [0.717, 1.165) is 19.2 Å². The summed E-state index contributed by atoms with van der Waals surface area (Å²) in [6, 6.07) is 12.2. The highest BCUT2D eigenvalue weighted by atomic mass is 19.1. The largest absolute Gasteiger partial charge is 0.507 e. The van der Waals surface area contributed by atoms with E-state index in [1.54, 1.807) is 12.1 Å². The molecule has 0 radical (unpaired) electrons. The van der Waals surface area contributed by atoms with E-state index >= 15 is 0 Å². The maximum atomic E-state index is 14.3. The van der Waals surface area contributed by atoms with Crippen LogP contribution < -0.4 is 4.74 Å². The molecule has 4 rings (SSSR count). The number of aliphatic hydroxyl groups is 1. The number of morpholine rings is 1. The van der Waals surface area contributed by atoms with Crippen LogP contribution in [0.2, 0.25) is 0 Å². The predicted octanol–water partition coefficient (Wildman–Crippen LogP) is 2.59. The Labute approximate surface area is 185 Å². The zero-order valence-corrected chi connectivity index (χ0v) is 17.8. The van der Waals surface area contributed by atoms with Crippen molar-refractivity contribution in [3.05, 3.63) is 71.0 Å². The number of nitrogens with zero attached hydrogens (tertiary/aromatic N) is 2. The zero-order valence-electron chi connectivity index (χ0n) is 17.8. The second-order valence-corrected chi connectivity index (χ2v) is 7.71. The van der Waals surface area contributed by atoms with Gasteiger partial charge in [-0.2, -0.15) is 0 Å². The molecule has 2 aliphatic rings. The third kappa shape index (κ3) is 4.24. The van der Waals surface area contributed by atoms with Gasteiger partial charge in [0.05, 0.1) is 31.9 Å². The highest BCUT2D eigenvalue weighted by molar-refractivity contribution is 6.46. The number of ether oxygens (including phenoxy) is 2. The second-order valence-electron chi connectivity index (χ2n) is 7.71. The number of amides is 1. The number of rotatable bonds is 6. The minimum Gasteiger partial charge on any atom is -0.507 e. The minimum atomic E-state index is -0.783.